The molecule has 4 heteroatoms. The van der Waals surface area contributed by atoms with Crippen LogP contribution >= 0.6 is 0 Å². The number of aromatic nitrogens is 2. The van der Waals surface area contributed by atoms with Crippen LogP contribution in [0.15, 0.2) is 47.3 Å². The predicted octanol–water partition coefficient (Wildman–Crippen LogP) is 2.10. The Kier molecular flexibility index (Phi) is 1.93. The molecule has 0 aliphatic rings. The molecule has 0 spiro atoms. The van der Waals surface area contributed by atoms with Gasteiger partial charge in [-0.05, 0) is 24.3 Å². The van der Waals surface area contributed by atoms with E-state index in [1.165, 1.54) is 0 Å². The monoisotopic (exact) mass is 213 g/mol. The molecule has 16 heavy (non-hydrogen) atoms. The summed E-state index contributed by atoms with van der Waals surface area (Å²) in [6.45, 7) is 0. The number of hydrogen-bond donors (Lipinski definition) is 1. The Morgan fingerprint density at radius 2 is 2.19 bits per heavy atom. The fourth-order valence-electron chi connectivity index (χ4n) is 1.74. The van der Waals surface area contributed by atoms with E-state index < -0.39 is 0 Å². The average molecular weight is 213 g/mol. The summed E-state index contributed by atoms with van der Waals surface area (Å²) in [5, 5.41) is 0. The zero-order valence-electron chi connectivity index (χ0n) is 8.63. The third-order valence-corrected chi connectivity index (χ3v) is 2.46. The van der Waals surface area contributed by atoms with E-state index in [0.29, 0.717) is 6.42 Å². The van der Waals surface area contributed by atoms with Gasteiger partial charge in [0.25, 0.3) is 0 Å². The maximum Gasteiger partial charge on any atom is 0.137 e. The van der Waals surface area contributed by atoms with Crippen molar-refractivity contribution >= 4 is 11.3 Å². The molecule has 0 saturated heterocycles. The van der Waals surface area contributed by atoms with Crippen LogP contribution in [-0.4, -0.2) is 9.38 Å². The summed E-state index contributed by atoms with van der Waals surface area (Å²) >= 11 is 0. The van der Waals surface area contributed by atoms with Crippen LogP contribution in [0.5, 0.6) is 0 Å². The average Bonchev–Trinajstić information content (AvgIpc) is 2.86. The molecule has 0 aliphatic carbocycles. The Bertz CT molecular complexity index is 610. The molecule has 4 nitrogen and oxygen atoms in total. The molecule has 0 bridgehead atoms. The second-order valence-electron chi connectivity index (χ2n) is 3.72. The van der Waals surface area contributed by atoms with Gasteiger partial charge in [-0.25, -0.2) is 4.98 Å². The van der Waals surface area contributed by atoms with Gasteiger partial charge in [0.15, 0.2) is 0 Å². The lowest BCUT2D eigenvalue weighted by molar-refractivity contribution is 0.519. The summed E-state index contributed by atoms with van der Waals surface area (Å²) in [7, 11) is 0. The van der Waals surface area contributed by atoms with Crippen LogP contribution in [0.2, 0.25) is 0 Å². The quantitative estimate of drug-likeness (QED) is 0.709. The Morgan fingerprint density at radius 3 is 3.00 bits per heavy atom. The van der Waals surface area contributed by atoms with Gasteiger partial charge < -0.3 is 14.6 Å². The number of imidazole rings is 1. The van der Waals surface area contributed by atoms with Crippen molar-refractivity contribution in [1.82, 2.24) is 9.38 Å². The highest BCUT2D eigenvalue weighted by Crippen LogP contribution is 2.12. The van der Waals surface area contributed by atoms with Gasteiger partial charge in [-0.2, -0.15) is 0 Å². The van der Waals surface area contributed by atoms with Crippen molar-refractivity contribution in [2.45, 2.75) is 6.42 Å². The molecule has 0 saturated carbocycles. The molecule has 3 aromatic rings. The van der Waals surface area contributed by atoms with Crippen molar-refractivity contribution in [1.29, 1.82) is 0 Å². The zero-order valence-corrected chi connectivity index (χ0v) is 8.63. The normalized spacial score (nSPS) is 11.0. The number of rotatable bonds is 2. The van der Waals surface area contributed by atoms with Crippen LogP contribution < -0.4 is 5.73 Å². The van der Waals surface area contributed by atoms with Crippen molar-refractivity contribution in [2.24, 2.45) is 0 Å². The van der Waals surface area contributed by atoms with Crippen molar-refractivity contribution in [3.63, 3.8) is 0 Å². The topological polar surface area (TPSA) is 56.5 Å². The molecule has 3 heterocycles. The minimum atomic E-state index is 0.703. The molecular weight excluding hydrogens is 202 g/mol. The fourth-order valence-corrected chi connectivity index (χ4v) is 1.74. The minimum absolute atomic E-state index is 0.703. The first-order valence-corrected chi connectivity index (χ1v) is 5.07. The highest BCUT2D eigenvalue weighted by Gasteiger charge is 2.04. The van der Waals surface area contributed by atoms with E-state index >= 15 is 0 Å². The highest BCUT2D eigenvalue weighted by molar-refractivity contribution is 5.48. The van der Waals surface area contributed by atoms with Gasteiger partial charge in [0, 0.05) is 24.5 Å². The van der Waals surface area contributed by atoms with Gasteiger partial charge in [-0.1, -0.05) is 0 Å². The third kappa shape index (κ3) is 1.54. The molecule has 80 valence electrons. The molecule has 0 atom stereocenters. The van der Waals surface area contributed by atoms with Crippen LogP contribution in [0.3, 0.4) is 0 Å². The van der Waals surface area contributed by atoms with Gasteiger partial charge >= 0.3 is 0 Å². The Hall–Kier alpha value is -2.23. The third-order valence-electron chi connectivity index (χ3n) is 2.46. The van der Waals surface area contributed by atoms with Gasteiger partial charge in [0.1, 0.15) is 11.4 Å². The standard InChI is InChI=1S/C12H11N3O/c13-9-3-4-12-14-10(8-15(12)7-9)6-11-2-1-5-16-11/h1-5,7-8H,6,13H2. The van der Waals surface area contributed by atoms with Crippen LogP contribution in [0, 0.1) is 0 Å². The van der Waals surface area contributed by atoms with E-state index in [1.54, 1.807) is 6.26 Å². The molecule has 3 rings (SSSR count). The summed E-state index contributed by atoms with van der Waals surface area (Å²) in [6.07, 6.45) is 6.19. The number of furan rings is 1. The molecule has 0 aromatic carbocycles. The Labute approximate surface area is 92.3 Å². The van der Waals surface area contributed by atoms with E-state index in [-0.39, 0.29) is 0 Å². The van der Waals surface area contributed by atoms with Gasteiger partial charge in [-0.3, -0.25) is 0 Å². The first kappa shape index (κ1) is 9.03. The summed E-state index contributed by atoms with van der Waals surface area (Å²) in [6, 6.07) is 7.57. The van der Waals surface area contributed by atoms with Crippen LogP contribution in [0.25, 0.3) is 5.65 Å². The van der Waals surface area contributed by atoms with E-state index in [1.807, 2.05) is 41.1 Å². The van der Waals surface area contributed by atoms with E-state index in [0.717, 1.165) is 22.8 Å². The summed E-state index contributed by atoms with van der Waals surface area (Å²) in [5.41, 5.74) is 8.30. The lowest BCUT2D eigenvalue weighted by Gasteiger charge is -1.93. The number of nitrogen functional groups attached to an aromatic ring is 1. The Morgan fingerprint density at radius 1 is 1.25 bits per heavy atom. The van der Waals surface area contributed by atoms with Gasteiger partial charge in [0.05, 0.1) is 12.0 Å². The molecule has 0 unspecified atom stereocenters. The predicted molar refractivity (Wildman–Crippen MR) is 61.1 cm³/mol. The van der Waals surface area contributed by atoms with Gasteiger partial charge in [0.2, 0.25) is 0 Å². The maximum atomic E-state index is 5.70. The fraction of sp³-hybridized carbons (Fsp3) is 0.0833. The number of hydrogen-bond acceptors (Lipinski definition) is 3. The van der Waals surface area contributed by atoms with E-state index in [2.05, 4.69) is 4.98 Å². The van der Waals surface area contributed by atoms with Crippen molar-refractivity contribution in [2.75, 3.05) is 5.73 Å². The first-order valence-electron chi connectivity index (χ1n) is 5.07. The second-order valence-corrected chi connectivity index (χ2v) is 3.72. The van der Waals surface area contributed by atoms with E-state index in [4.69, 9.17) is 10.2 Å². The second kappa shape index (κ2) is 3.41. The SMILES string of the molecule is Nc1ccc2nc(Cc3ccco3)cn2c1. The highest BCUT2D eigenvalue weighted by atomic mass is 16.3. The molecule has 3 aromatic heterocycles. The van der Waals surface area contributed by atoms with Crippen molar-refractivity contribution < 1.29 is 4.42 Å². The number of nitrogens with zero attached hydrogens (tertiary/aromatic N) is 2. The number of anilines is 1. The molecule has 0 aliphatic heterocycles. The van der Waals surface area contributed by atoms with Crippen molar-refractivity contribution in [3.05, 3.63) is 54.4 Å². The number of fused-ring (bicyclic) bond motifs is 1. The van der Waals surface area contributed by atoms with Crippen LogP contribution in [-0.2, 0) is 6.42 Å². The smallest absolute Gasteiger partial charge is 0.137 e. The largest absolute Gasteiger partial charge is 0.469 e. The Balaban J connectivity index is 1.99. The molecule has 0 fully saturated rings. The summed E-state index contributed by atoms with van der Waals surface area (Å²) in [4.78, 5) is 4.48. The molecular formula is C12H11N3O. The number of nitrogens with two attached hydrogens (primary N) is 1. The first-order chi connectivity index (χ1) is 7.81. The van der Waals surface area contributed by atoms with Crippen LogP contribution in [0.4, 0.5) is 5.69 Å². The lowest BCUT2D eigenvalue weighted by Crippen LogP contribution is -1.88. The number of pyridine rings is 1. The lowest BCUT2D eigenvalue weighted by atomic mass is 10.3. The maximum absolute atomic E-state index is 5.70. The minimum Gasteiger partial charge on any atom is -0.469 e. The summed E-state index contributed by atoms with van der Waals surface area (Å²) < 4.78 is 7.21. The summed E-state index contributed by atoms with van der Waals surface area (Å²) in [5.74, 6) is 0.913. The molecule has 0 radical (unpaired) electrons. The van der Waals surface area contributed by atoms with Crippen molar-refractivity contribution in [3.8, 4) is 0 Å². The zero-order chi connectivity index (χ0) is 11.0. The van der Waals surface area contributed by atoms with Crippen LogP contribution in [0.1, 0.15) is 11.5 Å². The molecule has 2 N–H and O–H groups in total. The van der Waals surface area contributed by atoms with Gasteiger partial charge in [-0.15, -0.1) is 0 Å². The van der Waals surface area contributed by atoms with E-state index in [9.17, 15) is 0 Å². The molecule has 0 amide bonds.